The van der Waals surface area contributed by atoms with Gasteiger partial charge in [0.05, 0.1) is 10.9 Å². The van der Waals surface area contributed by atoms with Crippen LogP contribution in [0.4, 0.5) is 0 Å². The molecule has 0 aliphatic carbocycles. The van der Waals surface area contributed by atoms with Crippen molar-refractivity contribution in [2.75, 3.05) is 0 Å². The van der Waals surface area contributed by atoms with Crippen LogP contribution in [0, 0.1) is 11.8 Å². The fourth-order valence-electron chi connectivity index (χ4n) is 3.95. The van der Waals surface area contributed by atoms with Gasteiger partial charge in [0.15, 0.2) is 5.43 Å². The number of rotatable bonds is 11. The molecule has 0 spiro atoms. The third kappa shape index (κ3) is 6.00. The zero-order chi connectivity index (χ0) is 25.0. The number of carbonyl (C=O) groups excluding carboxylic acids is 1. The predicted molar refractivity (Wildman–Crippen MR) is 132 cm³/mol. The van der Waals surface area contributed by atoms with Gasteiger partial charge in [-0.1, -0.05) is 76.2 Å². The average Bonchev–Trinajstić information content (AvgIpc) is 3.47. The second-order valence-electron chi connectivity index (χ2n) is 9.32. The highest BCUT2D eigenvalue weighted by Crippen LogP contribution is 2.33. The van der Waals surface area contributed by atoms with E-state index in [2.05, 4.69) is 10.0 Å². The van der Waals surface area contributed by atoms with Gasteiger partial charge < -0.3 is 10.4 Å². The number of benzene rings is 2. The van der Waals surface area contributed by atoms with Gasteiger partial charge in [0.1, 0.15) is 12.1 Å². The molecule has 3 aromatic carbocycles. The van der Waals surface area contributed by atoms with Crippen molar-refractivity contribution < 1.29 is 18.3 Å². The molecule has 3 atom stereocenters. The van der Waals surface area contributed by atoms with Crippen molar-refractivity contribution in [3.63, 3.8) is 0 Å². The van der Waals surface area contributed by atoms with Crippen molar-refractivity contribution in [2.24, 2.45) is 11.8 Å². The van der Waals surface area contributed by atoms with Crippen LogP contribution in [0.25, 0.3) is 11.1 Å². The molecular weight excluding hydrogens is 452 g/mol. The summed E-state index contributed by atoms with van der Waals surface area (Å²) in [5.74, 6) is -0.711. The number of carbonyl (C=O) groups is 1. The summed E-state index contributed by atoms with van der Waals surface area (Å²) in [6, 6.07) is 15.1. The highest BCUT2D eigenvalue weighted by atomic mass is 32.2. The van der Waals surface area contributed by atoms with Gasteiger partial charge in [-0.2, -0.15) is 4.72 Å². The summed E-state index contributed by atoms with van der Waals surface area (Å²) >= 11 is 0. The quantitative estimate of drug-likeness (QED) is 0.387. The first kappa shape index (κ1) is 25.8. The molecule has 34 heavy (non-hydrogen) atoms. The van der Waals surface area contributed by atoms with Crippen LogP contribution in [0.3, 0.4) is 0 Å². The van der Waals surface area contributed by atoms with Crippen LogP contribution >= 0.6 is 0 Å². The maximum absolute atomic E-state index is 13.2. The smallest absolute Gasteiger partial charge is 0.241 e. The SMILES string of the molecule is CC(C)C[C@H](NS(=O)(=O)c1ccccc1)C(=O)N[C@@H](C(C)C)[C@@H](O)c1c(-c2ccccc2)c1=O. The molecular formula is C26H32N2O5S. The Balaban J connectivity index is 1.80. The maximum Gasteiger partial charge on any atom is 0.241 e. The lowest BCUT2D eigenvalue weighted by Crippen LogP contribution is -2.52. The Labute approximate surface area is 201 Å². The molecule has 0 aliphatic rings. The van der Waals surface area contributed by atoms with E-state index in [4.69, 9.17) is 0 Å². The van der Waals surface area contributed by atoms with Gasteiger partial charge in [0.25, 0.3) is 0 Å². The largest absolute Gasteiger partial charge is 0.386 e. The van der Waals surface area contributed by atoms with Gasteiger partial charge in [-0.25, -0.2) is 8.42 Å². The van der Waals surface area contributed by atoms with Crippen LogP contribution in [0.1, 0.15) is 45.8 Å². The van der Waals surface area contributed by atoms with Gasteiger partial charge in [-0.15, -0.1) is 0 Å². The molecule has 0 bridgehead atoms. The average molecular weight is 485 g/mol. The van der Waals surface area contributed by atoms with E-state index >= 15 is 0 Å². The Morgan fingerprint density at radius 3 is 2.03 bits per heavy atom. The molecule has 0 radical (unpaired) electrons. The fraction of sp³-hybridized carbons (Fsp3) is 0.385. The summed E-state index contributed by atoms with van der Waals surface area (Å²) in [6.07, 6.45) is -0.924. The van der Waals surface area contributed by atoms with E-state index in [0.29, 0.717) is 5.56 Å². The summed E-state index contributed by atoms with van der Waals surface area (Å²) in [5, 5.41) is 13.8. The Morgan fingerprint density at radius 1 is 0.941 bits per heavy atom. The van der Waals surface area contributed by atoms with Crippen molar-refractivity contribution in [1.82, 2.24) is 10.0 Å². The van der Waals surface area contributed by atoms with Crippen molar-refractivity contribution in [2.45, 2.75) is 57.2 Å². The third-order valence-corrected chi connectivity index (χ3v) is 7.27. The summed E-state index contributed by atoms with van der Waals surface area (Å²) in [7, 11) is -3.92. The van der Waals surface area contributed by atoms with E-state index in [9.17, 15) is 23.1 Å². The molecule has 7 nitrogen and oxygen atoms in total. The Hall–Kier alpha value is -2.81. The number of amides is 1. The molecule has 3 N–H and O–H groups in total. The number of hydrogen-bond acceptors (Lipinski definition) is 5. The second-order valence-corrected chi connectivity index (χ2v) is 11.0. The van der Waals surface area contributed by atoms with Crippen molar-refractivity contribution in [1.29, 1.82) is 0 Å². The zero-order valence-electron chi connectivity index (χ0n) is 19.9. The number of sulfonamides is 1. The number of nitrogens with one attached hydrogen (secondary N) is 2. The molecule has 1 amide bonds. The van der Waals surface area contributed by atoms with Crippen LogP contribution in [0.5, 0.6) is 0 Å². The zero-order valence-corrected chi connectivity index (χ0v) is 20.7. The molecule has 3 rings (SSSR count). The second kappa shape index (κ2) is 10.6. The highest BCUT2D eigenvalue weighted by molar-refractivity contribution is 7.89. The van der Waals surface area contributed by atoms with Crippen molar-refractivity contribution >= 4 is 15.9 Å². The van der Waals surface area contributed by atoms with Crippen LogP contribution in [0.2, 0.25) is 0 Å². The van der Waals surface area contributed by atoms with Crippen LogP contribution < -0.4 is 15.5 Å². The van der Waals surface area contributed by atoms with E-state index in [1.165, 1.54) is 12.1 Å². The minimum atomic E-state index is -3.92. The topological polar surface area (TPSA) is 113 Å². The molecule has 0 unspecified atom stereocenters. The summed E-state index contributed by atoms with van der Waals surface area (Å²) in [4.78, 5) is 25.8. The van der Waals surface area contributed by atoms with Crippen LogP contribution in [0.15, 0.2) is 70.4 Å². The number of aliphatic hydroxyl groups excluding tert-OH is 1. The van der Waals surface area contributed by atoms with Crippen LogP contribution in [-0.4, -0.2) is 31.5 Å². The molecule has 0 saturated heterocycles. The monoisotopic (exact) mass is 484 g/mol. The van der Waals surface area contributed by atoms with Gasteiger partial charge in [-0.05, 0) is 36.0 Å². The molecule has 0 saturated carbocycles. The van der Waals surface area contributed by atoms with Gasteiger partial charge >= 0.3 is 0 Å². The predicted octanol–water partition coefficient (Wildman–Crippen LogP) is 3.16. The lowest BCUT2D eigenvalue weighted by Gasteiger charge is -2.29. The lowest BCUT2D eigenvalue weighted by atomic mass is 9.95. The Kier molecular flexibility index (Phi) is 8.07. The van der Waals surface area contributed by atoms with Gasteiger partial charge in [0, 0.05) is 11.1 Å². The summed E-state index contributed by atoms with van der Waals surface area (Å²) < 4.78 is 28.2. The van der Waals surface area contributed by atoms with Crippen molar-refractivity contribution in [3.8, 4) is 11.1 Å². The van der Waals surface area contributed by atoms with E-state index in [1.54, 1.807) is 30.3 Å². The van der Waals surface area contributed by atoms with Gasteiger partial charge in [0.2, 0.25) is 15.9 Å². The normalized spacial score (nSPS) is 14.9. The van der Waals surface area contributed by atoms with Gasteiger partial charge in [-0.3, -0.25) is 9.59 Å². The first-order valence-electron chi connectivity index (χ1n) is 11.4. The molecule has 182 valence electrons. The molecule has 0 aromatic heterocycles. The maximum atomic E-state index is 13.2. The molecule has 8 heteroatoms. The molecule has 0 aliphatic heterocycles. The van der Waals surface area contributed by atoms with E-state index in [0.717, 1.165) is 5.56 Å². The molecule has 0 fully saturated rings. The standard InChI is InChI=1S/C26H32N2O5S/c1-16(2)15-20(28-34(32,33)19-13-9-6-10-14-19)26(31)27-23(17(3)4)25(30)22-21(24(22)29)18-11-7-5-8-12-18/h5-14,16-17,20,23,25,28,30H,15H2,1-4H3,(H,27,31)/t20-,23-,25-/m0/s1. The Morgan fingerprint density at radius 2 is 1.50 bits per heavy atom. The number of hydrogen-bond donors (Lipinski definition) is 3. The van der Waals surface area contributed by atoms with E-state index in [-0.39, 0.29) is 34.1 Å². The first-order valence-corrected chi connectivity index (χ1v) is 12.9. The summed E-state index contributed by atoms with van der Waals surface area (Å²) in [6.45, 7) is 7.45. The fourth-order valence-corrected chi connectivity index (χ4v) is 5.18. The lowest BCUT2D eigenvalue weighted by molar-refractivity contribution is -0.125. The minimum absolute atomic E-state index is 0.0362. The minimum Gasteiger partial charge on any atom is -0.386 e. The van der Waals surface area contributed by atoms with E-state index in [1.807, 2.05) is 45.9 Å². The molecule has 0 heterocycles. The first-order chi connectivity index (χ1) is 16.0. The number of aliphatic hydroxyl groups is 1. The molecule has 3 aromatic rings. The summed E-state index contributed by atoms with van der Waals surface area (Å²) in [5.41, 5.74) is 1.26. The van der Waals surface area contributed by atoms with Crippen molar-refractivity contribution in [3.05, 3.63) is 76.5 Å². The van der Waals surface area contributed by atoms with E-state index < -0.39 is 34.1 Å². The van der Waals surface area contributed by atoms with Crippen LogP contribution in [-0.2, 0) is 14.8 Å². The Bertz CT molecular complexity index is 1210. The third-order valence-electron chi connectivity index (χ3n) is 5.78. The highest BCUT2D eigenvalue weighted by Gasteiger charge is 2.38.